The van der Waals surface area contributed by atoms with Crippen LogP contribution in [0.25, 0.3) is 11.2 Å². The third-order valence-corrected chi connectivity index (χ3v) is 6.03. The van der Waals surface area contributed by atoms with Crippen LogP contribution in [0.4, 0.5) is 10.6 Å². The smallest absolute Gasteiger partial charge is 0.408 e. The Morgan fingerprint density at radius 2 is 1.93 bits per heavy atom. The number of esters is 1. The number of alkyl carbamates (subject to hydrolysis) is 1. The summed E-state index contributed by atoms with van der Waals surface area (Å²) < 4.78 is 12.6. The number of guanidine groups is 1. The van der Waals surface area contributed by atoms with E-state index in [-0.39, 0.29) is 19.1 Å². The molecule has 0 bridgehead atoms. The molecule has 0 fully saturated rings. The number of hydrogen-bond donors (Lipinski definition) is 4. The SMILES string of the molecule is CC(C)(C)OC(=O)[C@H](CNc1ncnc2c1ncn2CCCC(=O)NC1=NCCCN1)NC(=O)OCc1ccccc1. The third-order valence-electron chi connectivity index (χ3n) is 6.03. The lowest BCUT2D eigenvalue weighted by atomic mass is 10.2. The second-order valence-electron chi connectivity index (χ2n) is 10.7. The fourth-order valence-electron chi connectivity index (χ4n) is 4.07. The Hall–Kier alpha value is -4.75. The number of carbonyl (C=O) groups excluding carboxylic acids is 3. The van der Waals surface area contributed by atoms with Crippen LogP contribution in [0.3, 0.4) is 0 Å². The standard InChI is InChI=1S/C28H37N9O5/c1-28(2,3)42-25(39)20(35-27(40)41-16-19-9-5-4-6-10-19)15-31-23-22-24(33-17-32-23)37(18-34-22)14-7-11-21(38)36-26-29-12-8-13-30-26/h4-6,9-10,17-18,20H,7-8,11-16H2,1-3H3,(H,35,40)(H,31,32,33)(H2,29,30,36,38)/t20-/m0/s1. The molecule has 3 heterocycles. The number of benzene rings is 1. The van der Waals surface area contributed by atoms with Gasteiger partial charge in [-0.2, -0.15) is 0 Å². The summed E-state index contributed by atoms with van der Waals surface area (Å²) >= 11 is 0. The van der Waals surface area contributed by atoms with E-state index in [4.69, 9.17) is 9.47 Å². The summed E-state index contributed by atoms with van der Waals surface area (Å²) in [6.45, 7) is 7.26. The Balaban J connectivity index is 1.35. The zero-order valence-electron chi connectivity index (χ0n) is 24.1. The lowest BCUT2D eigenvalue weighted by Gasteiger charge is -2.24. The summed E-state index contributed by atoms with van der Waals surface area (Å²) in [6, 6.07) is 8.15. The van der Waals surface area contributed by atoms with E-state index in [1.54, 1.807) is 27.1 Å². The highest BCUT2D eigenvalue weighted by Crippen LogP contribution is 2.18. The van der Waals surface area contributed by atoms with Crippen LogP contribution in [0.2, 0.25) is 0 Å². The van der Waals surface area contributed by atoms with Crippen LogP contribution in [-0.2, 0) is 32.2 Å². The van der Waals surface area contributed by atoms with Crippen LogP contribution < -0.4 is 21.3 Å². The summed E-state index contributed by atoms with van der Waals surface area (Å²) in [7, 11) is 0. The summed E-state index contributed by atoms with van der Waals surface area (Å²) in [4.78, 5) is 55.0. The van der Waals surface area contributed by atoms with Gasteiger partial charge in [-0.05, 0) is 39.2 Å². The number of anilines is 1. The molecule has 1 aliphatic heterocycles. The first-order valence-corrected chi connectivity index (χ1v) is 13.9. The molecule has 3 aromatic rings. The number of ether oxygens (including phenoxy) is 2. The van der Waals surface area contributed by atoms with Gasteiger partial charge in [0.15, 0.2) is 17.4 Å². The molecule has 14 heteroatoms. The maximum Gasteiger partial charge on any atom is 0.408 e. The number of aromatic nitrogens is 4. The van der Waals surface area contributed by atoms with Gasteiger partial charge in [0.05, 0.1) is 6.33 Å². The van der Waals surface area contributed by atoms with E-state index in [9.17, 15) is 14.4 Å². The largest absolute Gasteiger partial charge is 0.458 e. The van der Waals surface area contributed by atoms with E-state index in [0.29, 0.717) is 48.9 Å². The first kappa shape index (κ1) is 30.2. The van der Waals surface area contributed by atoms with Gasteiger partial charge in [0, 0.05) is 32.6 Å². The number of aliphatic imine (C=N–C) groups is 1. The van der Waals surface area contributed by atoms with E-state index in [1.165, 1.54) is 6.33 Å². The van der Waals surface area contributed by atoms with Gasteiger partial charge in [-0.25, -0.2) is 24.5 Å². The number of rotatable bonds is 11. The molecule has 1 aliphatic rings. The van der Waals surface area contributed by atoms with Crippen molar-refractivity contribution in [3.63, 3.8) is 0 Å². The number of fused-ring (bicyclic) bond motifs is 1. The molecule has 0 saturated heterocycles. The molecule has 42 heavy (non-hydrogen) atoms. The topological polar surface area (TPSA) is 174 Å². The van der Waals surface area contributed by atoms with E-state index >= 15 is 0 Å². The molecule has 0 unspecified atom stereocenters. The number of nitrogens with zero attached hydrogens (tertiary/aromatic N) is 5. The summed E-state index contributed by atoms with van der Waals surface area (Å²) in [5, 5.41) is 11.5. The molecule has 4 rings (SSSR count). The molecule has 4 N–H and O–H groups in total. The first-order valence-electron chi connectivity index (χ1n) is 13.9. The molecule has 1 aromatic carbocycles. The van der Waals surface area contributed by atoms with Crippen molar-refractivity contribution in [1.82, 2.24) is 35.5 Å². The normalized spacial score (nSPS) is 13.8. The van der Waals surface area contributed by atoms with E-state index in [0.717, 1.165) is 18.5 Å². The maximum atomic E-state index is 12.9. The van der Waals surface area contributed by atoms with Gasteiger partial charge in [0.25, 0.3) is 0 Å². The molecule has 1 atom stereocenters. The molecular weight excluding hydrogens is 542 g/mol. The maximum absolute atomic E-state index is 12.9. The minimum absolute atomic E-state index is 0.0353. The minimum atomic E-state index is -1.07. The Labute approximate surface area is 243 Å². The molecule has 224 valence electrons. The molecule has 2 amide bonds. The Morgan fingerprint density at radius 3 is 2.67 bits per heavy atom. The third kappa shape index (κ3) is 9.14. The van der Waals surface area contributed by atoms with Gasteiger partial charge in [-0.1, -0.05) is 30.3 Å². The van der Waals surface area contributed by atoms with Crippen molar-refractivity contribution >= 4 is 40.9 Å². The molecule has 14 nitrogen and oxygen atoms in total. The average molecular weight is 580 g/mol. The van der Waals surface area contributed by atoms with Crippen molar-refractivity contribution in [2.24, 2.45) is 4.99 Å². The van der Waals surface area contributed by atoms with Gasteiger partial charge in [0.2, 0.25) is 5.91 Å². The highest BCUT2D eigenvalue weighted by atomic mass is 16.6. The molecule has 0 spiro atoms. The average Bonchev–Trinajstić information content (AvgIpc) is 3.38. The molecule has 2 aromatic heterocycles. The van der Waals surface area contributed by atoms with Gasteiger partial charge in [0.1, 0.15) is 30.1 Å². The van der Waals surface area contributed by atoms with Crippen molar-refractivity contribution in [2.75, 3.05) is 25.0 Å². The van der Waals surface area contributed by atoms with Crippen LogP contribution in [0, 0.1) is 0 Å². The number of hydrogen-bond acceptors (Lipinski definition) is 11. The highest BCUT2D eigenvalue weighted by molar-refractivity contribution is 5.97. The lowest BCUT2D eigenvalue weighted by molar-refractivity contribution is -0.156. The predicted molar refractivity (Wildman–Crippen MR) is 156 cm³/mol. The fourth-order valence-corrected chi connectivity index (χ4v) is 4.07. The summed E-state index contributed by atoms with van der Waals surface area (Å²) in [6.07, 6.45) is 4.06. The van der Waals surface area contributed by atoms with Crippen molar-refractivity contribution in [2.45, 2.75) is 64.8 Å². The highest BCUT2D eigenvalue weighted by Gasteiger charge is 2.28. The van der Waals surface area contributed by atoms with Gasteiger partial charge in [-0.15, -0.1) is 0 Å². The summed E-state index contributed by atoms with van der Waals surface area (Å²) in [5.41, 5.74) is 1.10. The van der Waals surface area contributed by atoms with Gasteiger partial charge >= 0.3 is 12.1 Å². The van der Waals surface area contributed by atoms with Crippen LogP contribution in [0.1, 0.15) is 45.6 Å². The zero-order chi connectivity index (χ0) is 30.0. The summed E-state index contributed by atoms with van der Waals surface area (Å²) in [5.74, 6) is 0.153. The lowest BCUT2D eigenvalue weighted by Crippen LogP contribution is -2.48. The van der Waals surface area contributed by atoms with Crippen molar-refractivity contribution in [3.05, 3.63) is 48.5 Å². The van der Waals surface area contributed by atoms with Crippen LogP contribution >= 0.6 is 0 Å². The van der Waals surface area contributed by atoms with Gasteiger partial charge < -0.3 is 30.0 Å². The minimum Gasteiger partial charge on any atom is -0.458 e. The first-order chi connectivity index (χ1) is 20.2. The van der Waals surface area contributed by atoms with Crippen molar-refractivity contribution < 1.29 is 23.9 Å². The zero-order valence-corrected chi connectivity index (χ0v) is 24.1. The number of amides is 2. The van der Waals surface area contributed by atoms with Crippen molar-refractivity contribution in [1.29, 1.82) is 0 Å². The van der Waals surface area contributed by atoms with E-state index in [2.05, 4.69) is 41.2 Å². The molecule has 0 saturated carbocycles. The fraction of sp³-hybridized carbons (Fsp3) is 0.464. The van der Waals surface area contributed by atoms with Crippen LogP contribution in [-0.4, -0.2) is 74.7 Å². The second kappa shape index (κ2) is 14.2. The quantitative estimate of drug-likeness (QED) is 0.246. The predicted octanol–water partition coefficient (Wildman–Crippen LogP) is 2.12. The Morgan fingerprint density at radius 1 is 1.12 bits per heavy atom. The second-order valence-corrected chi connectivity index (χ2v) is 10.7. The number of nitrogens with one attached hydrogen (secondary N) is 4. The monoisotopic (exact) mass is 579 g/mol. The van der Waals surface area contributed by atoms with Crippen molar-refractivity contribution in [3.8, 4) is 0 Å². The van der Waals surface area contributed by atoms with E-state index < -0.39 is 23.7 Å². The number of aryl methyl sites for hydroxylation is 1. The Bertz CT molecular complexity index is 1400. The Kier molecular flexibility index (Phi) is 10.2. The number of imidazole rings is 1. The molecular formula is C28H37N9O5. The van der Waals surface area contributed by atoms with Gasteiger partial charge in [-0.3, -0.25) is 15.1 Å². The van der Waals surface area contributed by atoms with Crippen LogP contribution in [0.5, 0.6) is 0 Å². The number of carbonyl (C=O) groups is 3. The van der Waals surface area contributed by atoms with E-state index in [1.807, 2.05) is 34.9 Å². The van der Waals surface area contributed by atoms with Crippen LogP contribution in [0.15, 0.2) is 48.0 Å². The molecule has 0 radical (unpaired) electrons. The molecule has 0 aliphatic carbocycles.